The third-order valence-corrected chi connectivity index (χ3v) is 5.50. The topological polar surface area (TPSA) is 95.6 Å². The van der Waals surface area contributed by atoms with Crippen LogP contribution in [-0.2, 0) is 16.1 Å². The van der Waals surface area contributed by atoms with Gasteiger partial charge in [-0.1, -0.05) is 30.3 Å². The molecule has 2 aliphatic heterocycles. The Hall–Kier alpha value is -3.55. The molecule has 0 spiro atoms. The lowest BCUT2D eigenvalue weighted by atomic mass is 10.0. The van der Waals surface area contributed by atoms with Gasteiger partial charge in [0.25, 0.3) is 11.8 Å². The van der Waals surface area contributed by atoms with E-state index in [0.717, 1.165) is 11.6 Å². The van der Waals surface area contributed by atoms with E-state index in [0.29, 0.717) is 5.56 Å². The summed E-state index contributed by atoms with van der Waals surface area (Å²) in [5.74, 6) is -2.79. The molecule has 4 rings (SSSR count). The molecular formula is C22H20FN3O4. The number of amides is 4. The highest BCUT2D eigenvalue weighted by molar-refractivity contribution is 6.06. The molecule has 7 nitrogen and oxygen atoms in total. The van der Waals surface area contributed by atoms with Crippen LogP contribution in [0.2, 0.25) is 0 Å². The lowest BCUT2D eigenvalue weighted by Gasteiger charge is -2.29. The van der Waals surface area contributed by atoms with Gasteiger partial charge in [0.05, 0.1) is 11.6 Å². The minimum Gasteiger partial charge on any atom is -0.345 e. The first kappa shape index (κ1) is 19.8. The Morgan fingerprint density at radius 1 is 1.20 bits per heavy atom. The number of hydrogen-bond acceptors (Lipinski definition) is 4. The number of fused-ring (bicyclic) bond motifs is 1. The Balaban J connectivity index is 1.54. The van der Waals surface area contributed by atoms with Gasteiger partial charge < -0.3 is 10.2 Å². The molecule has 8 heteroatoms. The van der Waals surface area contributed by atoms with Gasteiger partial charge in [-0.05, 0) is 36.6 Å². The zero-order chi connectivity index (χ0) is 21.4. The minimum atomic E-state index is -0.801. The molecule has 1 fully saturated rings. The van der Waals surface area contributed by atoms with Gasteiger partial charge in [0.15, 0.2) is 0 Å². The Morgan fingerprint density at radius 3 is 2.63 bits per heavy atom. The number of carbonyl (C=O) groups excluding carboxylic acids is 4. The molecular weight excluding hydrogens is 389 g/mol. The molecule has 2 aromatic rings. The Kier molecular flexibility index (Phi) is 5.07. The van der Waals surface area contributed by atoms with Crippen LogP contribution in [0.15, 0.2) is 42.5 Å². The van der Waals surface area contributed by atoms with Crippen LogP contribution < -0.4 is 10.6 Å². The SMILES string of the molecule is C[C@H](NC(=O)c1cc2c(cc1F)C(=O)N(C1CCC(=O)NC1=O)C2)c1ccccc1. The average molecular weight is 409 g/mol. The van der Waals surface area contributed by atoms with Crippen molar-refractivity contribution < 1.29 is 23.6 Å². The maximum Gasteiger partial charge on any atom is 0.255 e. The summed E-state index contributed by atoms with van der Waals surface area (Å²) in [7, 11) is 0. The summed E-state index contributed by atoms with van der Waals surface area (Å²) in [5.41, 5.74) is 1.33. The van der Waals surface area contributed by atoms with Gasteiger partial charge in [0.2, 0.25) is 11.8 Å². The summed E-state index contributed by atoms with van der Waals surface area (Å²) in [6.45, 7) is 1.88. The quantitative estimate of drug-likeness (QED) is 0.756. The standard InChI is InChI=1S/C22H20FN3O4/c1-12(13-5-3-2-4-6-13)24-20(28)16-9-14-11-26(22(30)15(14)10-17(16)23)18-7-8-19(27)25-21(18)29/h2-6,9-10,12,18H,7-8,11H2,1H3,(H,24,28)(H,25,27,29)/t12-,18?/m0/s1. The Morgan fingerprint density at radius 2 is 1.93 bits per heavy atom. The Bertz CT molecular complexity index is 1050. The third kappa shape index (κ3) is 3.56. The first-order chi connectivity index (χ1) is 14.3. The summed E-state index contributed by atoms with van der Waals surface area (Å²) in [6.07, 6.45) is 0.352. The molecule has 4 amide bonds. The van der Waals surface area contributed by atoms with E-state index in [9.17, 15) is 23.6 Å². The van der Waals surface area contributed by atoms with E-state index in [1.807, 2.05) is 30.3 Å². The van der Waals surface area contributed by atoms with E-state index < -0.39 is 29.6 Å². The van der Waals surface area contributed by atoms with E-state index in [-0.39, 0.29) is 42.5 Å². The first-order valence-corrected chi connectivity index (χ1v) is 9.68. The summed E-state index contributed by atoms with van der Waals surface area (Å²) < 4.78 is 14.7. The fraction of sp³-hybridized carbons (Fsp3) is 0.273. The molecule has 0 aromatic heterocycles. The number of imide groups is 1. The molecule has 0 bridgehead atoms. The van der Waals surface area contributed by atoms with Gasteiger partial charge in [0, 0.05) is 18.5 Å². The zero-order valence-electron chi connectivity index (χ0n) is 16.3. The predicted molar refractivity (Wildman–Crippen MR) is 105 cm³/mol. The molecule has 2 aliphatic rings. The molecule has 2 N–H and O–H groups in total. The number of rotatable bonds is 4. The lowest BCUT2D eigenvalue weighted by Crippen LogP contribution is -2.52. The minimum absolute atomic E-state index is 0.0786. The van der Waals surface area contributed by atoms with Crippen LogP contribution in [0.1, 0.15) is 57.7 Å². The van der Waals surface area contributed by atoms with Gasteiger partial charge in [-0.25, -0.2) is 4.39 Å². The van der Waals surface area contributed by atoms with Gasteiger partial charge in [0.1, 0.15) is 11.9 Å². The number of benzene rings is 2. The van der Waals surface area contributed by atoms with Crippen LogP contribution in [-0.4, -0.2) is 34.6 Å². The number of carbonyl (C=O) groups is 4. The maximum atomic E-state index is 14.7. The van der Waals surface area contributed by atoms with E-state index >= 15 is 0 Å². The number of nitrogens with one attached hydrogen (secondary N) is 2. The monoisotopic (exact) mass is 409 g/mol. The number of nitrogens with zero attached hydrogens (tertiary/aromatic N) is 1. The van der Waals surface area contributed by atoms with E-state index in [2.05, 4.69) is 10.6 Å². The second-order valence-electron chi connectivity index (χ2n) is 7.49. The highest BCUT2D eigenvalue weighted by Crippen LogP contribution is 2.29. The number of hydrogen-bond donors (Lipinski definition) is 2. The fourth-order valence-corrected chi connectivity index (χ4v) is 3.86. The second kappa shape index (κ2) is 7.70. The van der Waals surface area contributed by atoms with Crippen LogP contribution in [0.25, 0.3) is 0 Å². The Labute approximate surface area is 172 Å². The maximum absolute atomic E-state index is 14.7. The van der Waals surface area contributed by atoms with Crippen molar-refractivity contribution in [3.8, 4) is 0 Å². The zero-order valence-corrected chi connectivity index (χ0v) is 16.3. The normalized spacial score (nSPS) is 19.3. The number of piperidine rings is 1. The molecule has 1 saturated heterocycles. The van der Waals surface area contributed by atoms with Crippen LogP contribution >= 0.6 is 0 Å². The fourth-order valence-electron chi connectivity index (χ4n) is 3.86. The molecule has 2 atom stereocenters. The molecule has 0 aliphatic carbocycles. The third-order valence-electron chi connectivity index (χ3n) is 5.50. The van der Waals surface area contributed by atoms with Crippen molar-refractivity contribution in [2.45, 2.75) is 38.4 Å². The van der Waals surface area contributed by atoms with E-state index in [1.165, 1.54) is 11.0 Å². The van der Waals surface area contributed by atoms with Gasteiger partial charge in [-0.2, -0.15) is 0 Å². The van der Waals surface area contributed by atoms with Gasteiger partial charge in [-0.3, -0.25) is 24.5 Å². The average Bonchev–Trinajstić information content (AvgIpc) is 3.03. The molecule has 2 aromatic carbocycles. The molecule has 0 saturated carbocycles. The van der Waals surface area contributed by atoms with Crippen LogP contribution in [0.4, 0.5) is 4.39 Å². The molecule has 1 unspecified atom stereocenters. The van der Waals surface area contributed by atoms with Crippen molar-refractivity contribution in [1.29, 1.82) is 0 Å². The molecule has 154 valence electrons. The second-order valence-corrected chi connectivity index (χ2v) is 7.49. The van der Waals surface area contributed by atoms with Crippen molar-refractivity contribution in [3.05, 3.63) is 70.5 Å². The molecule has 0 radical (unpaired) electrons. The number of halogens is 1. The van der Waals surface area contributed by atoms with Crippen LogP contribution in [0, 0.1) is 5.82 Å². The van der Waals surface area contributed by atoms with Crippen molar-refractivity contribution in [2.75, 3.05) is 0 Å². The summed E-state index contributed by atoms with van der Waals surface area (Å²) in [4.78, 5) is 50.2. The van der Waals surface area contributed by atoms with Crippen LogP contribution in [0.3, 0.4) is 0 Å². The highest BCUT2D eigenvalue weighted by atomic mass is 19.1. The van der Waals surface area contributed by atoms with E-state index in [1.54, 1.807) is 6.92 Å². The van der Waals surface area contributed by atoms with E-state index in [4.69, 9.17) is 0 Å². The molecule has 2 heterocycles. The first-order valence-electron chi connectivity index (χ1n) is 9.68. The van der Waals surface area contributed by atoms with Crippen molar-refractivity contribution >= 4 is 23.6 Å². The van der Waals surface area contributed by atoms with Gasteiger partial charge >= 0.3 is 0 Å². The summed E-state index contributed by atoms with van der Waals surface area (Å²) in [5, 5.41) is 4.98. The van der Waals surface area contributed by atoms with Crippen molar-refractivity contribution in [1.82, 2.24) is 15.5 Å². The van der Waals surface area contributed by atoms with Crippen molar-refractivity contribution in [2.24, 2.45) is 0 Å². The summed E-state index contributed by atoms with van der Waals surface area (Å²) in [6, 6.07) is 10.6. The highest BCUT2D eigenvalue weighted by Gasteiger charge is 2.39. The predicted octanol–water partition coefficient (Wildman–Crippen LogP) is 2.08. The van der Waals surface area contributed by atoms with Gasteiger partial charge in [-0.15, -0.1) is 0 Å². The summed E-state index contributed by atoms with van der Waals surface area (Å²) >= 11 is 0. The largest absolute Gasteiger partial charge is 0.345 e. The lowest BCUT2D eigenvalue weighted by molar-refractivity contribution is -0.136. The van der Waals surface area contributed by atoms with Crippen LogP contribution in [0.5, 0.6) is 0 Å². The van der Waals surface area contributed by atoms with Crippen molar-refractivity contribution in [3.63, 3.8) is 0 Å². The molecule has 30 heavy (non-hydrogen) atoms. The smallest absolute Gasteiger partial charge is 0.255 e.